The van der Waals surface area contributed by atoms with Crippen molar-refractivity contribution in [2.45, 2.75) is 12.5 Å². The van der Waals surface area contributed by atoms with E-state index >= 15 is 0 Å². The third-order valence-electron chi connectivity index (χ3n) is 3.38. The molecule has 0 spiro atoms. The van der Waals surface area contributed by atoms with E-state index in [1.54, 1.807) is 24.3 Å². The summed E-state index contributed by atoms with van der Waals surface area (Å²) >= 11 is 3.24. The molecule has 2 aromatic rings. The zero-order valence-electron chi connectivity index (χ0n) is 12.7. The molecule has 0 aliphatic heterocycles. The SMILES string of the molecule is NC(=O)[C@H](Cc1ccc(F)c([N+](=O)[O-])c1)NC(=O)c1cccc(Br)c1. The second-order valence-electron chi connectivity index (χ2n) is 5.19. The zero-order chi connectivity index (χ0) is 18.6. The molecule has 2 aromatic carbocycles. The van der Waals surface area contributed by atoms with E-state index in [4.69, 9.17) is 5.73 Å². The van der Waals surface area contributed by atoms with Crippen molar-refractivity contribution in [3.05, 3.63) is 74.0 Å². The average molecular weight is 410 g/mol. The lowest BCUT2D eigenvalue weighted by Crippen LogP contribution is -2.45. The van der Waals surface area contributed by atoms with Gasteiger partial charge in [0, 0.05) is 22.5 Å². The molecule has 0 fully saturated rings. The maximum atomic E-state index is 13.4. The van der Waals surface area contributed by atoms with Crippen molar-refractivity contribution >= 4 is 33.4 Å². The Kier molecular flexibility index (Phi) is 5.81. The van der Waals surface area contributed by atoms with Crippen LogP contribution in [0.1, 0.15) is 15.9 Å². The second-order valence-corrected chi connectivity index (χ2v) is 6.10. The predicted octanol–water partition coefficient (Wildman–Crippen LogP) is 2.32. The number of nitro groups is 1. The molecule has 2 rings (SSSR count). The first kappa shape index (κ1) is 18.5. The third-order valence-corrected chi connectivity index (χ3v) is 3.88. The number of nitro benzene ring substituents is 1. The number of nitrogens with two attached hydrogens (primary N) is 1. The molecule has 1 atom stereocenters. The first-order valence-electron chi connectivity index (χ1n) is 7.06. The van der Waals surface area contributed by atoms with Gasteiger partial charge in [0.05, 0.1) is 4.92 Å². The first-order chi connectivity index (χ1) is 11.8. The summed E-state index contributed by atoms with van der Waals surface area (Å²) in [6.45, 7) is 0. The lowest BCUT2D eigenvalue weighted by molar-refractivity contribution is -0.387. The Hall–Kier alpha value is -2.81. The van der Waals surface area contributed by atoms with Gasteiger partial charge in [-0.15, -0.1) is 0 Å². The Labute approximate surface area is 150 Å². The number of carbonyl (C=O) groups is 2. The number of rotatable bonds is 6. The normalized spacial score (nSPS) is 11.6. The quantitative estimate of drug-likeness (QED) is 0.562. The van der Waals surface area contributed by atoms with E-state index in [-0.39, 0.29) is 6.42 Å². The molecule has 7 nitrogen and oxygen atoms in total. The van der Waals surface area contributed by atoms with Crippen LogP contribution in [-0.4, -0.2) is 22.8 Å². The first-order valence-corrected chi connectivity index (χ1v) is 7.86. The van der Waals surface area contributed by atoms with Gasteiger partial charge in [0.25, 0.3) is 5.91 Å². The number of halogens is 2. The van der Waals surface area contributed by atoms with E-state index in [0.717, 1.165) is 12.1 Å². The van der Waals surface area contributed by atoms with Crippen molar-refractivity contribution in [3.63, 3.8) is 0 Å². The number of carbonyl (C=O) groups excluding carboxylic acids is 2. The summed E-state index contributed by atoms with van der Waals surface area (Å²) in [4.78, 5) is 33.8. The fourth-order valence-corrected chi connectivity index (χ4v) is 2.55. The molecule has 3 N–H and O–H groups in total. The van der Waals surface area contributed by atoms with Crippen LogP contribution in [0.4, 0.5) is 10.1 Å². The van der Waals surface area contributed by atoms with E-state index in [1.807, 2.05) is 0 Å². The van der Waals surface area contributed by atoms with Crippen LogP contribution in [0.25, 0.3) is 0 Å². The summed E-state index contributed by atoms with van der Waals surface area (Å²) in [6, 6.07) is 8.65. The Morgan fingerprint density at radius 2 is 2.00 bits per heavy atom. The lowest BCUT2D eigenvalue weighted by Gasteiger charge is -2.16. The van der Waals surface area contributed by atoms with Gasteiger partial charge in [-0.2, -0.15) is 4.39 Å². The maximum absolute atomic E-state index is 13.4. The van der Waals surface area contributed by atoms with Gasteiger partial charge >= 0.3 is 5.69 Å². The molecule has 25 heavy (non-hydrogen) atoms. The molecular weight excluding hydrogens is 397 g/mol. The van der Waals surface area contributed by atoms with Gasteiger partial charge in [-0.25, -0.2) is 0 Å². The summed E-state index contributed by atoms with van der Waals surface area (Å²) in [7, 11) is 0. The predicted molar refractivity (Wildman–Crippen MR) is 91.3 cm³/mol. The molecular formula is C16H13BrFN3O4. The monoisotopic (exact) mass is 409 g/mol. The Balaban J connectivity index is 2.19. The van der Waals surface area contributed by atoms with Gasteiger partial charge in [0.1, 0.15) is 6.04 Å². The molecule has 0 heterocycles. The molecule has 0 bridgehead atoms. The van der Waals surface area contributed by atoms with Gasteiger partial charge < -0.3 is 11.1 Å². The van der Waals surface area contributed by atoms with E-state index in [1.165, 1.54) is 6.07 Å². The van der Waals surface area contributed by atoms with Crippen molar-refractivity contribution in [1.82, 2.24) is 5.32 Å². The standard InChI is InChI=1S/C16H13BrFN3O4/c17-11-3-1-2-10(8-11)16(23)20-13(15(19)22)6-9-4-5-12(18)14(7-9)21(24)25/h1-5,7-8,13H,6H2,(H2,19,22)(H,20,23)/t13-/m0/s1. The Morgan fingerprint density at radius 3 is 2.60 bits per heavy atom. The molecule has 0 aliphatic carbocycles. The number of amides is 2. The molecule has 0 radical (unpaired) electrons. The number of hydrogen-bond acceptors (Lipinski definition) is 4. The van der Waals surface area contributed by atoms with Gasteiger partial charge in [-0.1, -0.05) is 28.1 Å². The number of hydrogen-bond donors (Lipinski definition) is 2. The molecule has 0 saturated carbocycles. The summed E-state index contributed by atoms with van der Waals surface area (Å²) in [5.74, 6) is -2.32. The highest BCUT2D eigenvalue weighted by Gasteiger charge is 2.22. The molecule has 130 valence electrons. The minimum atomic E-state index is -1.10. The van der Waals surface area contributed by atoms with Crippen molar-refractivity contribution in [2.24, 2.45) is 5.73 Å². The minimum absolute atomic E-state index is 0.101. The van der Waals surface area contributed by atoms with Crippen LogP contribution in [0.3, 0.4) is 0 Å². The molecule has 2 amide bonds. The third kappa shape index (κ3) is 4.83. The number of nitrogens with one attached hydrogen (secondary N) is 1. The smallest absolute Gasteiger partial charge is 0.305 e. The summed E-state index contributed by atoms with van der Waals surface area (Å²) in [6.07, 6.45) is -0.101. The van der Waals surface area contributed by atoms with Gasteiger partial charge in [0.15, 0.2) is 0 Å². The molecule has 0 aliphatic rings. The summed E-state index contributed by atoms with van der Waals surface area (Å²) < 4.78 is 14.1. The van der Waals surface area contributed by atoms with Gasteiger partial charge in [0.2, 0.25) is 11.7 Å². The summed E-state index contributed by atoms with van der Waals surface area (Å²) in [5.41, 5.74) is 5.20. The lowest BCUT2D eigenvalue weighted by atomic mass is 10.0. The largest absolute Gasteiger partial charge is 0.368 e. The van der Waals surface area contributed by atoms with Crippen LogP contribution in [0, 0.1) is 15.9 Å². The number of nitrogens with zero attached hydrogens (tertiary/aromatic N) is 1. The van der Waals surface area contributed by atoms with Crippen LogP contribution in [0.15, 0.2) is 46.9 Å². The van der Waals surface area contributed by atoms with Crippen molar-refractivity contribution in [2.75, 3.05) is 0 Å². The van der Waals surface area contributed by atoms with Crippen LogP contribution in [0.2, 0.25) is 0 Å². The van der Waals surface area contributed by atoms with E-state index < -0.39 is 34.3 Å². The number of primary amides is 1. The van der Waals surface area contributed by atoms with Crippen molar-refractivity contribution in [3.8, 4) is 0 Å². The highest BCUT2D eigenvalue weighted by molar-refractivity contribution is 9.10. The van der Waals surface area contributed by atoms with Crippen LogP contribution in [-0.2, 0) is 11.2 Å². The van der Waals surface area contributed by atoms with Crippen molar-refractivity contribution in [1.29, 1.82) is 0 Å². The molecule has 0 aromatic heterocycles. The fraction of sp³-hybridized carbons (Fsp3) is 0.125. The fourth-order valence-electron chi connectivity index (χ4n) is 2.15. The maximum Gasteiger partial charge on any atom is 0.305 e. The van der Waals surface area contributed by atoms with E-state index in [0.29, 0.717) is 15.6 Å². The summed E-state index contributed by atoms with van der Waals surface area (Å²) in [5, 5.41) is 13.3. The number of benzene rings is 2. The van der Waals surface area contributed by atoms with E-state index in [2.05, 4.69) is 21.2 Å². The van der Waals surface area contributed by atoms with E-state index in [9.17, 15) is 24.1 Å². The van der Waals surface area contributed by atoms with Gasteiger partial charge in [-0.3, -0.25) is 19.7 Å². The molecule has 0 unspecified atom stereocenters. The topological polar surface area (TPSA) is 115 Å². The van der Waals surface area contributed by atoms with Crippen LogP contribution < -0.4 is 11.1 Å². The average Bonchev–Trinajstić information content (AvgIpc) is 2.55. The molecule has 9 heteroatoms. The minimum Gasteiger partial charge on any atom is -0.368 e. The van der Waals surface area contributed by atoms with Crippen LogP contribution >= 0.6 is 15.9 Å². The van der Waals surface area contributed by atoms with Gasteiger partial charge in [-0.05, 0) is 29.8 Å². The Bertz CT molecular complexity index is 844. The Morgan fingerprint density at radius 1 is 1.28 bits per heavy atom. The second kappa shape index (κ2) is 7.84. The molecule has 0 saturated heterocycles. The van der Waals surface area contributed by atoms with Crippen molar-refractivity contribution < 1.29 is 18.9 Å². The zero-order valence-corrected chi connectivity index (χ0v) is 14.3. The highest BCUT2D eigenvalue weighted by atomic mass is 79.9. The highest BCUT2D eigenvalue weighted by Crippen LogP contribution is 2.19. The van der Waals surface area contributed by atoms with Crippen LogP contribution in [0.5, 0.6) is 0 Å².